The molecule has 0 atom stereocenters. The number of rotatable bonds is 6. The van der Waals surface area contributed by atoms with E-state index in [1.54, 1.807) is 25.6 Å². The topological polar surface area (TPSA) is 66.5 Å². The van der Waals surface area contributed by atoms with E-state index >= 15 is 0 Å². The molecule has 0 bridgehead atoms. The minimum Gasteiger partial charge on any atom is -0.497 e. The predicted octanol–water partition coefficient (Wildman–Crippen LogP) is 4.69. The molecule has 0 aliphatic carbocycles. The highest BCUT2D eigenvalue weighted by atomic mass is 16.5. The van der Waals surface area contributed by atoms with Crippen LogP contribution in [0.1, 0.15) is 23.2 Å². The Labute approximate surface area is 170 Å². The number of hydrogen-bond donors (Lipinski definition) is 2. The summed E-state index contributed by atoms with van der Waals surface area (Å²) in [5.74, 6) is 0.599. The van der Waals surface area contributed by atoms with Crippen molar-refractivity contribution in [3.8, 4) is 5.75 Å². The summed E-state index contributed by atoms with van der Waals surface area (Å²) >= 11 is 0. The minimum absolute atomic E-state index is 0.190. The van der Waals surface area contributed by atoms with E-state index in [4.69, 9.17) is 4.74 Å². The van der Waals surface area contributed by atoms with Crippen LogP contribution in [0.5, 0.6) is 5.75 Å². The van der Waals surface area contributed by atoms with Gasteiger partial charge in [-0.25, -0.2) is 0 Å². The maximum atomic E-state index is 12.6. The third kappa shape index (κ3) is 4.66. The highest BCUT2D eigenvalue weighted by Gasteiger charge is 2.13. The lowest BCUT2D eigenvalue weighted by Gasteiger charge is -2.17. The van der Waals surface area contributed by atoms with Gasteiger partial charge in [-0.05, 0) is 67.4 Å². The predicted molar refractivity (Wildman–Crippen MR) is 116 cm³/mol. The van der Waals surface area contributed by atoms with Gasteiger partial charge in [-0.2, -0.15) is 0 Å². The number of benzene rings is 2. The number of aromatic nitrogens is 1. The summed E-state index contributed by atoms with van der Waals surface area (Å²) in [6, 6.07) is 17.3. The first-order chi connectivity index (χ1) is 14.2. The van der Waals surface area contributed by atoms with Gasteiger partial charge in [0.05, 0.1) is 24.6 Å². The number of hydrogen-bond acceptors (Lipinski definition) is 5. The molecular weight excluding hydrogens is 364 g/mol. The first kappa shape index (κ1) is 18.8. The number of methoxy groups -OCH3 is 1. The van der Waals surface area contributed by atoms with Crippen molar-refractivity contribution in [1.82, 2.24) is 4.98 Å². The molecule has 2 aromatic carbocycles. The van der Waals surface area contributed by atoms with Crippen LogP contribution in [0.15, 0.2) is 67.0 Å². The SMILES string of the molecule is COc1ccc(Nc2cncc(C(=O)Nc3ccc(N4CCCC4)cc3)c2)cc1. The number of carbonyl (C=O) groups excluding carboxylic acids is 1. The molecule has 2 N–H and O–H groups in total. The Balaban J connectivity index is 1.41. The normalized spacial score (nSPS) is 13.2. The Kier molecular flexibility index (Phi) is 5.61. The highest BCUT2D eigenvalue weighted by Crippen LogP contribution is 2.23. The van der Waals surface area contributed by atoms with Crippen LogP contribution in [0.25, 0.3) is 0 Å². The summed E-state index contributed by atoms with van der Waals surface area (Å²) in [6.45, 7) is 2.21. The summed E-state index contributed by atoms with van der Waals surface area (Å²) in [5, 5.41) is 6.19. The molecule has 0 spiro atoms. The first-order valence-electron chi connectivity index (χ1n) is 9.74. The number of amides is 1. The minimum atomic E-state index is -0.190. The quantitative estimate of drug-likeness (QED) is 0.641. The summed E-state index contributed by atoms with van der Waals surface area (Å²) in [7, 11) is 1.63. The zero-order chi connectivity index (χ0) is 20.1. The smallest absolute Gasteiger partial charge is 0.257 e. The van der Waals surface area contributed by atoms with Crippen molar-refractivity contribution < 1.29 is 9.53 Å². The Bertz CT molecular complexity index is 965. The van der Waals surface area contributed by atoms with Crippen LogP contribution in [0.3, 0.4) is 0 Å². The zero-order valence-corrected chi connectivity index (χ0v) is 16.4. The van der Waals surface area contributed by atoms with Crippen molar-refractivity contribution in [3.05, 3.63) is 72.6 Å². The van der Waals surface area contributed by atoms with Gasteiger partial charge >= 0.3 is 0 Å². The van der Waals surface area contributed by atoms with Crippen molar-refractivity contribution in [3.63, 3.8) is 0 Å². The van der Waals surface area contributed by atoms with Crippen LogP contribution in [-0.4, -0.2) is 31.1 Å². The van der Waals surface area contributed by atoms with Crippen molar-refractivity contribution in [2.24, 2.45) is 0 Å². The maximum Gasteiger partial charge on any atom is 0.257 e. The van der Waals surface area contributed by atoms with Crippen molar-refractivity contribution >= 4 is 28.7 Å². The van der Waals surface area contributed by atoms with Crippen LogP contribution >= 0.6 is 0 Å². The maximum absolute atomic E-state index is 12.6. The van der Waals surface area contributed by atoms with E-state index < -0.39 is 0 Å². The average molecular weight is 388 g/mol. The molecule has 4 rings (SSSR count). The number of pyridine rings is 1. The molecular formula is C23H24N4O2. The molecule has 1 fully saturated rings. The molecule has 2 heterocycles. The fraction of sp³-hybridized carbons (Fsp3) is 0.217. The van der Waals surface area contributed by atoms with Crippen molar-refractivity contribution in [2.45, 2.75) is 12.8 Å². The second-order valence-corrected chi connectivity index (χ2v) is 7.01. The Hall–Kier alpha value is -3.54. The number of carbonyl (C=O) groups is 1. The second-order valence-electron chi connectivity index (χ2n) is 7.01. The third-order valence-corrected chi connectivity index (χ3v) is 4.98. The molecule has 6 heteroatoms. The van der Waals surface area contributed by atoms with Gasteiger partial charge in [0, 0.05) is 36.3 Å². The molecule has 0 saturated carbocycles. The van der Waals surface area contributed by atoms with E-state index in [0.717, 1.165) is 35.9 Å². The van der Waals surface area contributed by atoms with Gasteiger partial charge in [-0.1, -0.05) is 0 Å². The van der Waals surface area contributed by atoms with Crippen molar-refractivity contribution in [1.29, 1.82) is 0 Å². The number of nitrogens with zero attached hydrogens (tertiary/aromatic N) is 2. The summed E-state index contributed by atoms with van der Waals surface area (Å²) in [6.07, 6.45) is 5.73. The zero-order valence-electron chi connectivity index (χ0n) is 16.4. The molecule has 3 aromatic rings. The van der Waals surface area contributed by atoms with Gasteiger partial charge in [0.15, 0.2) is 0 Å². The van der Waals surface area contributed by atoms with Crippen molar-refractivity contribution in [2.75, 3.05) is 35.7 Å². The van der Waals surface area contributed by atoms with Gasteiger partial charge in [0.25, 0.3) is 5.91 Å². The molecule has 1 aliphatic rings. The van der Waals surface area contributed by atoms with Gasteiger partial charge < -0.3 is 20.3 Å². The van der Waals surface area contributed by atoms with E-state index in [-0.39, 0.29) is 5.91 Å². The molecule has 1 saturated heterocycles. The molecule has 0 radical (unpaired) electrons. The lowest BCUT2D eigenvalue weighted by molar-refractivity contribution is 0.102. The Morgan fingerprint density at radius 1 is 0.931 bits per heavy atom. The molecule has 148 valence electrons. The van der Waals surface area contributed by atoms with Crippen LogP contribution in [0, 0.1) is 0 Å². The van der Waals surface area contributed by atoms with E-state index in [2.05, 4.69) is 32.7 Å². The lowest BCUT2D eigenvalue weighted by atomic mass is 10.2. The highest BCUT2D eigenvalue weighted by molar-refractivity contribution is 6.04. The fourth-order valence-electron chi connectivity index (χ4n) is 3.41. The summed E-state index contributed by atoms with van der Waals surface area (Å²) in [5.41, 5.74) is 4.10. The molecule has 29 heavy (non-hydrogen) atoms. The number of ether oxygens (including phenoxy) is 1. The second kappa shape index (κ2) is 8.65. The Morgan fingerprint density at radius 3 is 2.31 bits per heavy atom. The average Bonchev–Trinajstić information content (AvgIpc) is 3.30. The summed E-state index contributed by atoms with van der Waals surface area (Å²) in [4.78, 5) is 19.2. The van der Waals surface area contributed by atoms with E-state index in [0.29, 0.717) is 5.56 Å². The third-order valence-electron chi connectivity index (χ3n) is 4.98. The van der Waals surface area contributed by atoms with Crippen LogP contribution in [0.4, 0.5) is 22.7 Å². The van der Waals surface area contributed by atoms with Crippen LogP contribution in [0.2, 0.25) is 0 Å². The van der Waals surface area contributed by atoms with Crippen LogP contribution in [-0.2, 0) is 0 Å². The lowest BCUT2D eigenvalue weighted by Crippen LogP contribution is -2.17. The first-order valence-corrected chi connectivity index (χ1v) is 9.74. The van der Waals surface area contributed by atoms with Gasteiger partial charge in [-0.15, -0.1) is 0 Å². The van der Waals surface area contributed by atoms with E-state index in [1.807, 2.05) is 36.4 Å². The fourth-order valence-corrected chi connectivity index (χ4v) is 3.41. The number of nitrogens with one attached hydrogen (secondary N) is 2. The van der Waals surface area contributed by atoms with Crippen LogP contribution < -0.4 is 20.3 Å². The van der Waals surface area contributed by atoms with Gasteiger partial charge in [-0.3, -0.25) is 9.78 Å². The molecule has 1 aliphatic heterocycles. The molecule has 1 aromatic heterocycles. The van der Waals surface area contributed by atoms with E-state index in [9.17, 15) is 4.79 Å². The molecule has 6 nitrogen and oxygen atoms in total. The number of anilines is 4. The van der Waals surface area contributed by atoms with E-state index in [1.165, 1.54) is 18.5 Å². The van der Waals surface area contributed by atoms with Gasteiger partial charge in [0.1, 0.15) is 5.75 Å². The standard InChI is InChI=1S/C23H24N4O2/c1-29-22-10-6-18(7-11-22)25-20-14-17(15-24-16-20)23(28)26-19-4-8-21(9-5-19)27-12-2-3-13-27/h4-11,14-16,25H,2-3,12-13H2,1H3,(H,26,28). The monoisotopic (exact) mass is 388 g/mol. The molecule has 0 unspecified atom stereocenters. The largest absolute Gasteiger partial charge is 0.497 e. The summed E-state index contributed by atoms with van der Waals surface area (Å²) < 4.78 is 5.17. The molecule has 1 amide bonds. The Morgan fingerprint density at radius 2 is 1.62 bits per heavy atom. The van der Waals surface area contributed by atoms with Gasteiger partial charge in [0.2, 0.25) is 0 Å².